The Morgan fingerprint density at radius 1 is 1.14 bits per heavy atom. The number of hydrogen-bond acceptors (Lipinski definition) is 4. The van der Waals surface area contributed by atoms with Crippen LogP contribution in [0.2, 0.25) is 0 Å². The average molecular weight is 312 g/mol. The Labute approximate surface area is 131 Å². The summed E-state index contributed by atoms with van der Waals surface area (Å²) in [6.07, 6.45) is 1.47. The lowest BCUT2D eigenvalue weighted by molar-refractivity contribution is 0.103. The van der Waals surface area contributed by atoms with Gasteiger partial charge in [0.1, 0.15) is 5.82 Å². The van der Waals surface area contributed by atoms with Crippen molar-refractivity contribution in [2.75, 3.05) is 5.32 Å². The van der Waals surface area contributed by atoms with Gasteiger partial charge in [-0.1, -0.05) is 41.7 Å². The normalized spacial score (nSPS) is 10.5. The molecule has 0 radical (unpaired) electrons. The van der Waals surface area contributed by atoms with E-state index in [1.54, 1.807) is 12.1 Å². The second kappa shape index (κ2) is 6.07. The minimum atomic E-state index is -0.519. The van der Waals surface area contributed by atoms with E-state index in [0.717, 1.165) is 11.3 Å². The summed E-state index contributed by atoms with van der Waals surface area (Å²) in [6, 6.07) is 13.8. The van der Waals surface area contributed by atoms with Crippen LogP contribution < -0.4 is 5.32 Å². The van der Waals surface area contributed by atoms with Crippen LogP contribution in [0.4, 0.5) is 15.2 Å². The first kappa shape index (κ1) is 14.4. The maximum atomic E-state index is 13.7. The van der Waals surface area contributed by atoms with Gasteiger partial charge in [0.25, 0.3) is 0 Å². The third-order valence-corrected chi connectivity index (χ3v) is 4.15. The van der Waals surface area contributed by atoms with E-state index in [2.05, 4.69) is 10.3 Å². The van der Waals surface area contributed by atoms with Crippen molar-refractivity contribution >= 4 is 27.9 Å². The minimum Gasteiger partial charge on any atom is -0.331 e. The Morgan fingerprint density at radius 2 is 1.86 bits per heavy atom. The largest absolute Gasteiger partial charge is 0.331 e. The van der Waals surface area contributed by atoms with Gasteiger partial charge in [-0.2, -0.15) is 0 Å². The van der Waals surface area contributed by atoms with Gasteiger partial charge in [-0.05, 0) is 30.7 Å². The Hall–Kier alpha value is -2.53. The summed E-state index contributed by atoms with van der Waals surface area (Å²) in [5.41, 5.74) is 2.08. The first-order valence-corrected chi connectivity index (χ1v) is 7.54. The molecule has 110 valence electrons. The fourth-order valence-electron chi connectivity index (χ4n) is 2.04. The first-order valence-electron chi connectivity index (χ1n) is 6.73. The zero-order chi connectivity index (χ0) is 15.5. The summed E-state index contributed by atoms with van der Waals surface area (Å²) in [5.74, 6) is -0.872. The van der Waals surface area contributed by atoms with E-state index < -0.39 is 5.82 Å². The van der Waals surface area contributed by atoms with E-state index in [0.29, 0.717) is 10.0 Å². The summed E-state index contributed by atoms with van der Waals surface area (Å²) in [4.78, 5) is 16.9. The molecule has 0 aliphatic carbocycles. The SMILES string of the molecule is Cc1ccccc1Nc1ncc(C(=O)c2ccccc2F)s1. The second-order valence-electron chi connectivity index (χ2n) is 4.78. The lowest BCUT2D eigenvalue weighted by atomic mass is 10.1. The zero-order valence-corrected chi connectivity index (χ0v) is 12.7. The van der Waals surface area contributed by atoms with Crippen molar-refractivity contribution < 1.29 is 9.18 Å². The number of aromatic nitrogens is 1. The molecule has 0 atom stereocenters. The third kappa shape index (κ3) is 2.89. The predicted octanol–water partition coefficient (Wildman–Crippen LogP) is 4.57. The van der Waals surface area contributed by atoms with Crippen molar-refractivity contribution in [3.63, 3.8) is 0 Å². The van der Waals surface area contributed by atoms with Crippen LogP contribution in [0.5, 0.6) is 0 Å². The Morgan fingerprint density at radius 3 is 2.64 bits per heavy atom. The molecular weight excluding hydrogens is 299 g/mol. The summed E-state index contributed by atoms with van der Waals surface area (Å²) in [7, 11) is 0. The van der Waals surface area contributed by atoms with Crippen molar-refractivity contribution in [2.24, 2.45) is 0 Å². The number of para-hydroxylation sites is 1. The van der Waals surface area contributed by atoms with Gasteiger partial charge in [-0.15, -0.1) is 0 Å². The highest BCUT2D eigenvalue weighted by Gasteiger charge is 2.16. The van der Waals surface area contributed by atoms with E-state index >= 15 is 0 Å². The number of carbonyl (C=O) groups excluding carboxylic acids is 1. The maximum Gasteiger partial charge on any atom is 0.207 e. The highest BCUT2D eigenvalue weighted by Crippen LogP contribution is 2.26. The van der Waals surface area contributed by atoms with Crippen LogP contribution in [0.1, 0.15) is 20.8 Å². The molecule has 1 N–H and O–H groups in total. The average Bonchev–Trinajstić information content (AvgIpc) is 2.98. The van der Waals surface area contributed by atoms with E-state index in [9.17, 15) is 9.18 Å². The topological polar surface area (TPSA) is 42.0 Å². The fourth-order valence-corrected chi connectivity index (χ4v) is 2.83. The molecule has 0 unspecified atom stereocenters. The summed E-state index contributed by atoms with van der Waals surface area (Å²) in [5, 5.41) is 3.78. The number of nitrogens with one attached hydrogen (secondary N) is 1. The first-order chi connectivity index (χ1) is 10.6. The summed E-state index contributed by atoms with van der Waals surface area (Å²) >= 11 is 1.21. The molecule has 0 saturated carbocycles. The number of halogens is 1. The number of rotatable bonds is 4. The minimum absolute atomic E-state index is 0.0635. The van der Waals surface area contributed by atoms with Crippen molar-refractivity contribution in [1.29, 1.82) is 0 Å². The fraction of sp³-hybridized carbons (Fsp3) is 0.0588. The number of thiazole rings is 1. The molecule has 2 aromatic carbocycles. The molecular formula is C17H13FN2OS. The van der Waals surface area contributed by atoms with Crippen LogP contribution in [0.25, 0.3) is 0 Å². The van der Waals surface area contributed by atoms with E-state index in [-0.39, 0.29) is 11.3 Å². The van der Waals surface area contributed by atoms with Gasteiger partial charge in [-0.25, -0.2) is 9.37 Å². The molecule has 1 aromatic heterocycles. The number of hydrogen-bond donors (Lipinski definition) is 1. The smallest absolute Gasteiger partial charge is 0.207 e. The van der Waals surface area contributed by atoms with Crippen LogP contribution in [-0.4, -0.2) is 10.8 Å². The summed E-state index contributed by atoms with van der Waals surface area (Å²) < 4.78 is 13.7. The molecule has 0 aliphatic heterocycles. The zero-order valence-electron chi connectivity index (χ0n) is 11.8. The lowest BCUT2D eigenvalue weighted by Gasteiger charge is -2.05. The van der Waals surface area contributed by atoms with Gasteiger partial charge in [0.05, 0.1) is 16.6 Å². The number of aryl methyl sites for hydroxylation is 1. The molecule has 0 spiro atoms. The Bertz CT molecular complexity index is 829. The second-order valence-corrected chi connectivity index (χ2v) is 5.81. The van der Waals surface area contributed by atoms with Crippen molar-refractivity contribution in [3.8, 4) is 0 Å². The van der Waals surface area contributed by atoms with Gasteiger partial charge in [-0.3, -0.25) is 4.79 Å². The van der Waals surface area contributed by atoms with E-state index in [4.69, 9.17) is 0 Å². The molecule has 1 heterocycles. The highest BCUT2D eigenvalue weighted by molar-refractivity contribution is 7.17. The Balaban J connectivity index is 1.84. The molecule has 3 rings (SSSR count). The third-order valence-electron chi connectivity index (χ3n) is 3.23. The van der Waals surface area contributed by atoms with Crippen LogP contribution in [0, 0.1) is 12.7 Å². The molecule has 3 aromatic rings. The molecule has 0 amide bonds. The summed E-state index contributed by atoms with van der Waals surface area (Å²) in [6.45, 7) is 1.99. The standard InChI is InChI=1S/C17H13FN2OS/c1-11-6-2-5-9-14(11)20-17-19-10-15(22-17)16(21)12-7-3-4-8-13(12)18/h2-10H,1H3,(H,19,20). The van der Waals surface area contributed by atoms with Gasteiger partial charge >= 0.3 is 0 Å². The van der Waals surface area contributed by atoms with Crippen LogP contribution in [0.3, 0.4) is 0 Å². The van der Waals surface area contributed by atoms with Gasteiger partial charge in [0, 0.05) is 5.69 Å². The van der Waals surface area contributed by atoms with Crippen molar-refractivity contribution in [1.82, 2.24) is 4.98 Å². The molecule has 0 bridgehead atoms. The van der Waals surface area contributed by atoms with Crippen LogP contribution in [0.15, 0.2) is 54.7 Å². The number of anilines is 2. The van der Waals surface area contributed by atoms with E-state index in [1.807, 2.05) is 31.2 Å². The molecule has 22 heavy (non-hydrogen) atoms. The molecule has 0 aliphatic rings. The number of nitrogens with zero attached hydrogens (tertiary/aromatic N) is 1. The van der Waals surface area contributed by atoms with Crippen LogP contribution in [-0.2, 0) is 0 Å². The van der Waals surface area contributed by atoms with E-state index in [1.165, 1.54) is 29.7 Å². The quantitative estimate of drug-likeness (QED) is 0.718. The van der Waals surface area contributed by atoms with Gasteiger partial charge in [0.2, 0.25) is 5.78 Å². The highest BCUT2D eigenvalue weighted by atomic mass is 32.1. The molecule has 0 fully saturated rings. The number of ketones is 1. The molecule has 5 heteroatoms. The monoisotopic (exact) mass is 312 g/mol. The predicted molar refractivity (Wildman–Crippen MR) is 86.4 cm³/mol. The number of benzene rings is 2. The maximum absolute atomic E-state index is 13.7. The molecule has 0 saturated heterocycles. The van der Waals surface area contributed by atoms with Gasteiger partial charge in [0.15, 0.2) is 5.13 Å². The lowest BCUT2D eigenvalue weighted by Crippen LogP contribution is -2.01. The number of carbonyl (C=O) groups is 1. The molecule has 3 nitrogen and oxygen atoms in total. The van der Waals surface area contributed by atoms with Crippen molar-refractivity contribution in [3.05, 3.63) is 76.5 Å². The van der Waals surface area contributed by atoms with Gasteiger partial charge < -0.3 is 5.32 Å². The van der Waals surface area contributed by atoms with Crippen LogP contribution >= 0.6 is 11.3 Å². The Kier molecular flexibility index (Phi) is 3.98. The van der Waals surface area contributed by atoms with Crippen molar-refractivity contribution in [2.45, 2.75) is 6.92 Å².